The molecule has 0 radical (unpaired) electrons. The number of rotatable bonds is 2. The van der Waals surface area contributed by atoms with Gasteiger partial charge in [0.2, 0.25) is 0 Å². The van der Waals surface area contributed by atoms with E-state index in [1.54, 1.807) is 5.56 Å². The number of benzene rings is 4. The highest BCUT2D eigenvalue weighted by molar-refractivity contribution is 6.10. The van der Waals surface area contributed by atoms with Crippen molar-refractivity contribution in [2.24, 2.45) is 17.8 Å². The lowest BCUT2D eigenvalue weighted by Crippen LogP contribution is -2.31. The molecule has 1 heterocycles. The Bertz CT molecular complexity index is 1500. The lowest BCUT2D eigenvalue weighted by Gasteiger charge is -2.39. The first kappa shape index (κ1) is 17.5. The van der Waals surface area contributed by atoms with E-state index in [1.165, 1.54) is 64.8 Å². The number of fused-ring (bicyclic) bond motifs is 4. The topological polar surface area (TPSA) is 13.1 Å². The molecule has 4 aliphatic carbocycles. The highest BCUT2D eigenvalue weighted by Crippen LogP contribution is 2.64. The highest BCUT2D eigenvalue weighted by atomic mass is 16.3. The van der Waals surface area contributed by atoms with Gasteiger partial charge in [0.15, 0.2) is 0 Å². The first-order valence-corrected chi connectivity index (χ1v) is 12.2. The van der Waals surface area contributed by atoms with Crippen LogP contribution in [-0.4, -0.2) is 0 Å². The molecule has 4 aliphatic rings. The Hall–Kier alpha value is -3.06. The van der Waals surface area contributed by atoms with Crippen LogP contribution in [0.5, 0.6) is 0 Å². The number of furan rings is 1. The number of hydrogen-bond donors (Lipinski definition) is 0. The second kappa shape index (κ2) is 6.04. The molecule has 4 bridgehead atoms. The zero-order chi connectivity index (χ0) is 20.9. The minimum absolute atomic E-state index is 0.487. The Balaban J connectivity index is 1.20. The van der Waals surface area contributed by atoms with Gasteiger partial charge in [-0.1, -0.05) is 54.6 Å². The molecular weight excluding hydrogens is 388 g/mol. The van der Waals surface area contributed by atoms with E-state index >= 15 is 0 Å². The zero-order valence-corrected chi connectivity index (χ0v) is 18.2. The van der Waals surface area contributed by atoms with E-state index in [4.69, 9.17) is 4.42 Å². The van der Waals surface area contributed by atoms with Crippen LogP contribution in [0.4, 0.5) is 0 Å². The van der Waals surface area contributed by atoms with Gasteiger partial charge in [-0.2, -0.15) is 0 Å². The molecule has 4 saturated carbocycles. The zero-order valence-electron chi connectivity index (χ0n) is 18.2. The summed E-state index contributed by atoms with van der Waals surface area (Å²) >= 11 is 0. The largest absolute Gasteiger partial charge is 0.456 e. The first-order chi connectivity index (χ1) is 15.7. The summed E-state index contributed by atoms with van der Waals surface area (Å²) in [5.41, 5.74) is 6.59. The quantitative estimate of drug-likeness (QED) is 0.282. The molecule has 0 aliphatic heterocycles. The Labute approximate surface area is 188 Å². The van der Waals surface area contributed by atoms with Crippen molar-refractivity contribution >= 4 is 32.7 Å². The Morgan fingerprint density at radius 2 is 1.31 bits per heavy atom. The molecule has 4 fully saturated rings. The van der Waals surface area contributed by atoms with Crippen LogP contribution >= 0.6 is 0 Å². The van der Waals surface area contributed by atoms with Gasteiger partial charge in [0.25, 0.3) is 0 Å². The van der Waals surface area contributed by atoms with E-state index in [-0.39, 0.29) is 0 Å². The van der Waals surface area contributed by atoms with Gasteiger partial charge < -0.3 is 4.42 Å². The predicted molar refractivity (Wildman–Crippen MR) is 132 cm³/mol. The van der Waals surface area contributed by atoms with Crippen LogP contribution in [0, 0.1) is 17.8 Å². The molecule has 156 valence electrons. The van der Waals surface area contributed by atoms with Crippen molar-refractivity contribution in [2.45, 2.75) is 37.5 Å². The molecule has 1 nitrogen and oxygen atoms in total. The summed E-state index contributed by atoms with van der Waals surface area (Å²) in [6, 6.07) is 29.2. The van der Waals surface area contributed by atoms with Crippen molar-refractivity contribution in [3.8, 4) is 11.1 Å². The summed E-state index contributed by atoms with van der Waals surface area (Å²) in [6.07, 6.45) is 7.33. The number of hydrogen-bond acceptors (Lipinski definition) is 1. The summed E-state index contributed by atoms with van der Waals surface area (Å²) in [4.78, 5) is 0. The molecule has 2 atom stereocenters. The van der Waals surface area contributed by atoms with Gasteiger partial charge >= 0.3 is 0 Å². The molecule has 32 heavy (non-hydrogen) atoms. The Kier molecular flexibility index (Phi) is 3.30. The van der Waals surface area contributed by atoms with Crippen molar-refractivity contribution in [2.75, 3.05) is 0 Å². The van der Waals surface area contributed by atoms with E-state index < -0.39 is 0 Å². The SMILES string of the molecule is c1ccc2cc3c(cc2c1)oc1ccc(-c2ccc(C45CC6CC(C4)C(C6)C5)cc2)cc13. The minimum Gasteiger partial charge on any atom is -0.456 e. The fourth-order valence-corrected chi connectivity index (χ4v) is 7.82. The monoisotopic (exact) mass is 414 g/mol. The van der Waals surface area contributed by atoms with Crippen molar-refractivity contribution in [1.29, 1.82) is 0 Å². The van der Waals surface area contributed by atoms with E-state index in [0.29, 0.717) is 5.41 Å². The van der Waals surface area contributed by atoms with Gasteiger partial charge in [-0.25, -0.2) is 0 Å². The van der Waals surface area contributed by atoms with Crippen molar-refractivity contribution in [3.63, 3.8) is 0 Å². The predicted octanol–water partition coefficient (Wildman–Crippen LogP) is 8.48. The molecule has 0 amide bonds. The molecule has 9 rings (SSSR count). The smallest absolute Gasteiger partial charge is 0.136 e. The van der Waals surface area contributed by atoms with Crippen LogP contribution in [0.1, 0.15) is 37.7 Å². The average Bonchev–Trinajstić information content (AvgIpc) is 3.41. The van der Waals surface area contributed by atoms with E-state index in [2.05, 4.69) is 78.9 Å². The van der Waals surface area contributed by atoms with Crippen LogP contribution < -0.4 is 0 Å². The van der Waals surface area contributed by atoms with Gasteiger partial charge in [0, 0.05) is 10.8 Å². The van der Waals surface area contributed by atoms with Crippen molar-refractivity contribution in [1.82, 2.24) is 0 Å². The van der Waals surface area contributed by atoms with E-state index in [1.807, 2.05) is 0 Å². The molecule has 4 aromatic carbocycles. The molecule has 1 heteroatoms. The second-order valence-corrected chi connectivity index (χ2v) is 10.8. The average molecular weight is 415 g/mol. The third kappa shape index (κ3) is 2.34. The molecule has 5 aromatic rings. The van der Waals surface area contributed by atoms with Gasteiger partial charge in [0.05, 0.1) is 0 Å². The lowest BCUT2D eigenvalue weighted by molar-refractivity contribution is 0.229. The molecule has 0 saturated heterocycles. The van der Waals surface area contributed by atoms with Crippen LogP contribution in [-0.2, 0) is 5.41 Å². The highest BCUT2D eigenvalue weighted by Gasteiger charge is 2.56. The van der Waals surface area contributed by atoms with Crippen LogP contribution in [0.25, 0.3) is 43.8 Å². The van der Waals surface area contributed by atoms with Crippen LogP contribution in [0.2, 0.25) is 0 Å². The summed E-state index contributed by atoms with van der Waals surface area (Å²) in [7, 11) is 0. The lowest BCUT2D eigenvalue weighted by atomic mass is 9.66. The fourth-order valence-electron chi connectivity index (χ4n) is 7.82. The normalized spacial score (nSPS) is 28.4. The van der Waals surface area contributed by atoms with E-state index in [9.17, 15) is 0 Å². The van der Waals surface area contributed by atoms with Crippen LogP contribution in [0.3, 0.4) is 0 Å². The Morgan fingerprint density at radius 3 is 2.06 bits per heavy atom. The van der Waals surface area contributed by atoms with Crippen LogP contribution in [0.15, 0.2) is 83.3 Å². The van der Waals surface area contributed by atoms with Gasteiger partial charge in [-0.05, 0) is 107 Å². The second-order valence-electron chi connectivity index (χ2n) is 10.8. The standard InChI is InChI=1S/C31H26O/c1-2-4-22-15-30-28(13-21(22)3-1)27-14-23(7-10-29(27)32-30)20-5-8-26(9-6-20)31-16-19-11-24(17-31)25(12-19)18-31/h1-10,13-15,19,24-25H,11-12,16-18H2. The summed E-state index contributed by atoms with van der Waals surface area (Å²) in [5.74, 6) is 3.03. The summed E-state index contributed by atoms with van der Waals surface area (Å²) < 4.78 is 6.20. The van der Waals surface area contributed by atoms with Crippen molar-refractivity contribution < 1.29 is 4.42 Å². The molecular formula is C31H26O. The molecule has 0 N–H and O–H groups in total. The molecule has 2 unspecified atom stereocenters. The fraction of sp³-hybridized carbons (Fsp3) is 0.290. The Morgan fingerprint density at radius 1 is 0.625 bits per heavy atom. The maximum atomic E-state index is 6.20. The third-order valence-electron chi connectivity index (χ3n) is 9.09. The van der Waals surface area contributed by atoms with Gasteiger partial charge in [-0.15, -0.1) is 0 Å². The van der Waals surface area contributed by atoms with Crippen molar-refractivity contribution in [3.05, 3.63) is 84.4 Å². The van der Waals surface area contributed by atoms with E-state index in [0.717, 1.165) is 28.9 Å². The summed E-state index contributed by atoms with van der Waals surface area (Å²) in [5, 5.41) is 4.90. The molecule has 1 aromatic heterocycles. The molecule has 0 spiro atoms. The maximum absolute atomic E-state index is 6.20. The summed E-state index contributed by atoms with van der Waals surface area (Å²) in [6.45, 7) is 0. The maximum Gasteiger partial charge on any atom is 0.136 e. The first-order valence-electron chi connectivity index (χ1n) is 12.2. The van der Waals surface area contributed by atoms with Gasteiger partial charge in [0.1, 0.15) is 11.2 Å². The minimum atomic E-state index is 0.487. The third-order valence-corrected chi connectivity index (χ3v) is 9.09. The van der Waals surface area contributed by atoms with Gasteiger partial charge in [-0.3, -0.25) is 0 Å².